The number of aryl methyl sites for hydroxylation is 1. The van der Waals surface area contributed by atoms with E-state index in [2.05, 4.69) is 85.8 Å². The van der Waals surface area contributed by atoms with Crippen LogP contribution in [0.4, 0.5) is 0 Å². The third kappa shape index (κ3) is 25.3. The summed E-state index contributed by atoms with van der Waals surface area (Å²) in [7, 11) is 4.18. The normalized spacial score (nSPS) is 18.1. The molecule has 1 aromatic heterocycles. The fourth-order valence-electron chi connectivity index (χ4n) is 7.17. The van der Waals surface area contributed by atoms with Crippen molar-refractivity contribution in [1.82, 2.24) is 19.9 Å². The summed E-state index contributed by atoms with van der Waals surface area (Å²) in [6, 6.07) is 0. The van der Waals surface area contributed by atoms with Crippen molar-refractivity contribution < 1.29 is 9.47 Å². The van der Waals surface area contributed by atoms with Crippen molar-refractivity contribution in [2.45, 2.75) is 218 Å². The van der Waals surface area contributed by atoms with Crippen LogP contribution in [0, 0.1) is 0 Å². The molecule has 1 fully saturated rings. The standard InChI is InChI=1S/C46H84N4O2/c1-5-7-9-11-13-15-17-19-21-23-25-27-29-31-33-35-39-46(38-34-32-30-28-26-24-22-20-18-16-14-12-10-8-6-2)51-43-45(52-46)37-36-44-42-50(48-47-44)41-40-49(3)4/h13-16,19,21,42,45H,5-12,17-18,20,22-41,43H2,1-4H3/b15-13-,16-14-,21-19-. The highest BCUT2D eigenvalue weighted by molar-refractivity contribution is 4.94. The van der Waals surface area contributed by atoms with Crippen LogP contribution in [0.2, 0.25) is 0 Å². The van der Waals surface area contributed by atoms with Crippen LogP contribution in [0.1, 0.15) is 199 Å². The second-order valence-corrected chi connectivity index (χ2v) is 15.9. The Hall–Kier alpha value is -1.76. The SMILES string of the molecule is CCCCC/C=C\C/C=C\CCCCCCCCC1(CCCCCCCCCC/C=C\CCCCC)OCC(CCc2cn(CCN(C)C)nn2)O1. The van der Waals surface area contributed by atoms with Crippen molar-refractivity contribution in [1.29, 1.82) is 0 Å². The van der Waals surface area contributed by atoms with E-state index in [4.69, 9.17) is 9.47 Å². The van der Waals surface area contributed by atoms with Crippen LogP contribution in [0.25, 0.3) is 0 Å². The maximum atomic E-state index is 6.80. The maximum absolute atomic E-state index is 6.80. The lowest BCUT2D eigenvalue weighted by atomic mass is 9.98. The topological polar surface area (TPSA) is 52.4 Å². The fraction of sp³-hybridized carbons (Fsp3) is 0.826. The van der Waals surface area contributed by atoms with Gasteiger partial charge in [0.05, 0.1) is 24.9 Å². The monoisotopic (exact) mass is 725 g/mol. The van der Waals surface area contributed by atoms with Gasteiger partial charge in [-0.2, -0.15) is 0 Å². The van der Waals surface area contributed by atoms with Crippen LogP contribution in [-0.4, -0.2) is 59.0 Å². The molecule has 0 spiro atoms. The lowest BCUT2D eigenvalue weighted by Crippen LogP contribution is -2.31. The Balaban J connectivity index is 1.64. The van der Waals surface area contributed by atoms with Gasteiger partial charge in [0.25, 0.3) is 0 Å². The van der Waals surface area contributed by atoms with E-state index in [1.165, 1.54) is 154 Å². The Morgan fingerprint density at radius 2 is 1.15 bits per heavy atom. The first-order valence-corrected chi connectivity index (χ1v) is 22.4. The zero-order valence-electron chi connectivity index (χ0n) is 34.9. The van der Waals surface area contributed by atoms with Crippen LogP contribution < -0.4 is 0 Å². The van der Waals surface area contributed by atoms with Gasteiger partial charge in [-0.25, -0.2) is 0 Å². The number of allylic oxidation sites excluding steroid dienone is 6. The molecule has 1 aliphatic heterocycles. The molecule has 6 heteroatoms. The smallest absolute Gasteiger partial charge is 0.168 e. The molecule has 1 aromatic rings. The molecule has 0 amide bonds. The number of nitrogens with zero attached hydrogens (tertiary/aromatic N) is 4. The van der Waals surface area contributed by atoms with E-state index in [1.807, 2.05) is 4.68 Å². The molecule has 300 valence electrons. The number of rotatable bonds is 36. The van der Waals surface area contributed by atoms with E-state index in [0.29, 0.717) is 6.61 Å². The van der Waals surface area contributed by atoms with Gasteiger partial charge >= 0.3 is 0 Å². The third-order valence-corrected chi connectivity index (χ3v) is 10.6. The Kier molecular flexibility index (Phi) is 29.1. The minimum Gasteiger partial charge on any atom is -0.347 e. The van der Waals surface area contributed by atoms with Gasteiger partial charge in [0.1, 0.15) is 0 Å². The van der Waals surface area contributed by atoms with Gasteiger partial charge in [0, 0.05) is 25.6 Å². The molecule has 2 unspecified atom stereocenters. The average molecular weight is 725 g/mol. The number of aromatic nitrogens is 3. The van der Waals surface area contributed by atoms with E-state index in [9.17, 15) is 0 Å². The molecular weight excluding hydrogens is 641 g/mol. The second kappa shape index (κ2) is 32.7. The average Bonchev–Trinajstić information content (AvgIpc) is 3.78. The number of ether oxygens (including phenoxy) is 2. The summed E-state index contributed by atoms with van der Waals surface area (Å²) in [6.45, 7) is 7.10. The van der Waals surface area contributed by atoms with Crippen LogP contribution in [-0.2, 0) is 22.4 Å². The first-order valence-electron chi connectivity index (χ1n) is 22.4. The summed E-state index contributed by atoms with van der Waals surface area (Å²) < 4.78 is 15.3. The minimum absolute atomic E-state index is 0.155. The molecule has 1 saturated heterocycles. The molecule has 6 nitrogen and oxygen atoms in total. The Bertz CT molecular complexity index is 1020. The minimum atomic E-state index is -0.382. The zero-order chi connectivity index (χ0) is 37.2. The Morgan fingerprint density at radius 3 is 1.67 bits per heavy atom. The first-order chi connectivity index (χ1) is 25.6. The maximum Gasteiger partial charge on any atom is 0.168 e. The molecule has 0 aromatic carbocycles. The molecular formula is C46H84N4O2. The summed E-state index contributed by atoms with van der Waals surface area (Å²) in [5.41, 5.74) is 1.06. The van der Waals surface area contributed by atoms with Crippen molar-refractivity contribution in [3.8, 4) is 0 Å². The number of hydrogen-bond donors (Lipinski definition) is 0. The van der Waals surface area contributed by atoms with Crippen molar-refractivity contribution >= 4 is 0 Å². The number of hydrogen-bond acceptors (Lipinski definition) is 5. The largest absolute Gasteiger partial charge is 0.347 e. The van der Waals surface area contributed by atoms with E-state index in [-0.39, 0.29) is 11.9 Å². The quantitative estimate of drug-likeness (QED) is 0.0509. The van der Waals surface area contributed by atoms with Gasteiger partial charge in [0.2, 0.25) is 0 Å². The van der Waals surface area contributed by atoms with E-state index < -0.39 is 0 Å². The third-order valence-electron chi connectivity index (χ3n) is 10.6. The molecule has 0 aliphatic carbocycles. The molecule has 0 radical (unpaired) electrons. The summed E-state index contributed by atoms with van der Waals surface area (Å²) in [4.78, 5) is 2.18. The van der Waals surface area contributed by atoms with Gasteiger partial charge in [-0.3, -0.25) is 4.68 Å². The first kappa shape index (κ1) is 46.4. The van der Waals surface area contributed by atoms with Crippen LogP contribution in [0.15, 0.2) is 42.7 Å². The molecule has 0 bridgehead atoms. The van der Waals surface area contributed by atoms with Crippen molar-refractivity contribution in [3.05, 3.63) is 48.3 Å². The van der Waals surface area contributed by atoms with Gasteiger partial charge in [-0.15, -0.1) is 5.10 Å². The van der Waals surface area contributed by atoms with Crippen LogP contribution in [0.5, 0.6) is 0 Å². The van der Waals surface area contributed by atoms with Gasteiger partial charge in [0.15, 0.2) is 5.79 Å². The van der Waals surface area contributed by atoms with Crippen molar-refractivity contribution in [2.75, 3.05) is 27.2 Å². The molecule has 52 heavy (non-hydrogen) atoms. The van der Waals surface area contributed by atoms with Crippen molar-refractivity contribution in [3.63, 3.8) is 0 Å². The summed E-state index contributed by atoms with van der Waals surface area (Å²) >= 11 is 0. The molecule has 0 N–H and O–H groups in total. The van der Waals surface area contributed by atoms with E-state index >= 15 is 0 Å². The van der Waals surface area contributed by atoms with Gasteiger partial charge < -0.3 is 14.4 Å². The molecule has 1 aliphatic rings. The Morgan fingerprint density at radius 1 is 0.673 bits per heavy atom. The van der Waals surface area contributed by atoms with Crippen molar-refractivity contribution in [2.24, 2.45) is 0 Å². The van der Waals surface area contributed by atoms with Crippen LogP contribution in [0.3, 0.4) is 0 Å². The predicted octanol–water partition coefficient (Wildman–Crippen LogP) is 13.1. The second-order valence-electron chi connectivity index (χ2n) is 15.9. The van der Waals surface area contributed by atoms with E-state index in [0.717, 1.165) is 50.9 Å². The molecule has 2 atom stereocenters. The lowest BCUT2D eigenvalue weighted by Gasteiger charge is -2.28. The fourth-order valence-corrected chi connectivity index (χ4v) is 7.17. The highest BCUT2D eigenvalue weighted by Crippen LogP contribution is 2.36. The number of likely N-dealkylation sites (N-methyl/N-ethyl adjacent to an activating group) is 1. The lowest BCUT2D eigenvalue weighted by molar-refractivity contribution is -0.179. The summed E-state index contributed by atoms with van der Waals surface area (Å²) in [6.07, 6.45) is 53.0. The van der Waals surface area contributed by atoms with Gasteiger partial charge in [-0.1, -0.05) is 145 Å². The summed E-state index contributed by atoms with van der Waals surface area (Å²) in [5.74, 6) is -0.382. The highest BCUT2D eigenvalue weighted by Gasteiger charge is 2.40. The summed E-state index contributed by atoms with van der Waals surface area (Å²) in [5, 5.41) is 8.76. The highest BCUT2D eigenvalue weighted by atomic mass is 16.7. The molecule has 0 saturated carbocycles. The zero-order valence-corrected chi connectivity index (χ0v) is 34.9. The Labute approximate surface area is 322 Å². The molecule has 2 heterocycles. The van der Waals surface area contributed by atoms with Gasteiger partial charge in [-0.05, 0) is 97.6 Å². The van der Waals surface area contributed by atoms with Crippen LogP contribution >= 0.6 is 0 Å². The molecule has 2 rings (SSSR count). The van der Waals surface area contributed by atoms with E-state index in [1.54, 1.807) is 0 Å². The predicted molar refractivity (Wildman–Crippen MR) is 224 cm³/mol. The number of unbranched alkanes of at least 4 members (excludes halogenated alkanes) is 20.